The standard InChI is InChI=1S/C13H17N3O/c1-9-3-4-11-10(7-9)15-12(14)16(11)13(2)5-6-17-8-13/h3-4,7H,5-6,8H2,1-2H3,(H2,14,15). The number of aryl methyl sites for hydroxylation is 1. The van der Waals surface area contributed by atoms with Gasteiger partial charge in [0.05, 0.1) is 23.2 Å². The van der Waals surface area contributed by atoms with E-state index in [-0.39, 0.29) is 5.54 Å². The fourth-order valence-electron chi connectivity index (χ4n) is 2.61. The number of nitrogens with zero attached hydrogens (tertiary/aromatic N) is 2. The van der Waals surface area contributed by atoms with Gasteiger partial charge in [-0.05, 0) is 38.0 Å². The van der Waals surface area contributed by atoms with Gasteiger partial charge in [-0.1, -0.05) is 6.07 Å². The summed E-state index contributed by atoms with van der Waals surface area (Å²) in [5, 5.41) is 0. The summed E-state index contributed by atoms with van der Waals surface area (Å²) >= 11 is 0. The minimum Gasteiger partial charge on any atom is -0.379 e. The van der Waals surface area contributed by atoms with Crippen molar-refractivity contribution in [1.82, 2.24) is 9.55 Å². The lowest BCUT2D eigenvalue weighted by Crippen LogP contribution is -2.31. The molecular formula is C13H17N3O. The molecule has 1 fully saturated rings. The van der Waals surface area contributed by atoms with E-state index in [1.807, 2.05) is 0 Å². The van der Waals surface area contributed by atoms with Gasteiger partial charge in [-0.3, -0.25) is 0 Å². The zero-order chi connectivity index (χ0) is 12.0. The lowest BCUT2D eigenvalue weighted by atomic mass is 10.0. The number of rotatable bonds is 1. The first-order chi connectivity index (χ1) is 8.10. The lowest BCUT2D eigenvalue weighted by Gasteiger charge is -2.25. The maximum absolute atomic E-state index is 6.06. The average Bonchev–Trinajstić information content (AvgIpc) is 2.81. The molecule has 3 rings (SSSR count). The molecule has 17 heavy (non-hydrogen) atoms. The van der Waals surface area contributed by atoms with Crippen LogP contribution in [0.5, 0.6) is 0 Å². The Bertz CT molecular complexity index is 567. The van der Waals surface area contributed by atoms with E-state index in [1.165, 1.54) is 5.56 Å². The number of ether oxygens (including phenoxy) is 1. The van der Waals surface area contributed by atoms with Crippen LogP contribution in [0.3, 0.4) is 0 Å². The van der Waals surface area contributed by atoms with Gasteiger partial charge in [-0.2, -0.15) is 0 Å². The van der Waals surface area contributed by atoms with Crippen LogP contribution in [0.4, 0.5) is 5.95 Å². The van der Waals surface area contributed by atoms with Gasteiger partial charge in [-0.25, -0.2) is 4.98 Å². The predicted octanol–water partition coefficient (Wildman–Crippen LogP) is 2.06. The molecule has 4 heteroatoms. The molecule has 0 radical (unpaired) electrons. The quantitative estimate of drug-likeness (QED) is 0.817. The van der Waals surface area contributed by atoms with Crippen molar-refractivity contribution >= 4 is 17.0 Å². The minimum atomic E-state index is -0.0614. The van der Waals surface area contributed by atoms with Crippen LogP contribution in [0, 0.1) is 6.92 Å². The van der Waals surface area contributed by atoms with Crippen molar-refractivity contribution < 1.29 is 4.74 Å². The SMILES string of the molecule is Cc1ccc2c(c1)nc(N)n2C1(C)CCOC1. The summed E-state index contributed by atoms with van der Waals surface area (Å²) in [5.74, 6) is 0.582. The summed E-state index contributed by atoms with van der Waals surface area (Å²) < 4.78 is 7.63. The summed E-state index contributed by atoms with van der Waals surface area (Å²) in [4.78, 5) is 4.45. The van der Waals surface area contributed by atoms with Gasteiger partial charge in [0.1, 0.15) is 0 Å². The third-order valence-corrected chi connectivity index (χ3v) is 3.57. The Hall–Kier alpha value is -1.55. The van der Waals surface area contributed by atoms with E-state index in [4.69, 9.17) is 10.5 Å². The zero-order valence-electron chi connectivity index (χ0n) is 10.2. The molecule has 1 unspecified atom stereocenters. The molecule has 0 spiro atoms. The van der Waals surface area contributed by atoms with Crippen LogP contribution in [0.1, 0.15) is 18.9 Å². The van der Waals surface area contributed by atoms with Crippen LogP contribution < -0.4 is 5.73 Å². The molecule has 1 atom stereocenters. The van der Waals surface area contributed by atoms with E-state index in [0.29, 0.717) is 12.6 Å². The molecule has 1 aliphatic heterocycles. The average molecular weight is 231 g/mol. The Balaban J connectivity index is 2.25. The van der Waals surface area contributed by atoms with Gasteiger partial charge in [0, 0.05) is 6.61 Å². The molecule has 0 saturated carbocycles. The summed E-state index contributed by atoms with van der Waals surface area (Å²) in [6.07, 6.45) is 0.983. The number of nitrogens with two attached hydrogens (primary N) is 1. The third kappa shape index (κ3) is 1.52. The molecule has 2 heterocycles. The highest BCUT2D eigenvalue weighted by atomic mass is 16.5. The minimum absolute atomic E-state index is 0.0614. The van der Waals surface area contributed by atoms with Crippen LogP contribution >= 0.6 is 0 Å². The van der Waals surface area contributed by atoms with Gasteiger partial charge < -0.3 is 15.0 Å². The second-order valence-corrected chi connectivity index (χ2v) is 5.10. The second-order valence-electron chi connectivity index (χ2n) is 5.10. The number of hydrogen-bond acceptors (Lipinski definition) is 3. The lowest BCUT2D eigenvalue weighted by molar-refractivity contribution is 0.164. The van der Waals surface area contributed by atoms with Crippen LogP contribution in [0.15, 0.2) is 18.2 Å². The van der Waals surface area contributed by atoms with Crippen LogP contribution in [0.25, 0.3) is 11.0 Å². The van der Waals surface area contributed by atoms with Gasteiger partial charge in [0.15, 0.2) is 0 Å². The second kappa shape index (κ2) is 3.47. The van der Waals surface area contributed by atoms with Gasteiger partial charge >= 0.3 is 0 Å². The Morgan fingerprint density at radius 2 is 2.29 bits per heavy atom. The highest BCUT2D eigenvalue weighted by Gasteiger charge is 2.34. The van der Waals surface area contributed by atoms with Crippen molar-refractivity contribution in [1.29, 1.82) is 0 Å². The largest absolute Gasteiger partial charge is 0.379 e. The summed E-state index contributed by atoms with van der Waals surface area (Å²) in [7, 11) is 0. The number of fused-ring (bicyclic) bond motifs is 1. The smallest absolute Gasteiger partial charge is 0.201 e. The fourth-order valence-corrected chi connectivity index (χ4v) is 2.61. The fraction of sp³-hybridized carbons (Fsp3) is 0.462. The van der Waals surface area contributed by atoms with Crippen molar-refractivity contribution in [3.05, 3.63) is 23.8 Å². The first-order valence-electron chi connectivity index (χ1n) is 5.93. The van der Waals surface area contributed by atoms with Crippen molar-refractivity contribution in [2.24, 2.45) is 0 Å². The van der Waals surface area contributed by atoms with Crippen LogP contribution in [0.2, 0.25) is 0 Å². The highest BCUT2D eigenvalue weighted by molar-refractivity contribution is 5.79. The molecule has 4 nitrogen and oxygen atoms in total. The Morgan fingerprint density at radius 1 is 1.47 bits per heavy atom. The van der Waals surface area contributed by atoms with E-state index in [0.717, 1.165) is 24.1 Å². The van der Waals surface area contributed by atoms with E-state index in [9.17, 15) is 0 Å². The predicted molar refractivity (Wildman–Crippen MR) is 68.0 cm³/mol. The number of hydrogen-bond donors (Lipinski definition) is 1. The molecule has 0 amide bonds. The molecule has 1 aliphatic rings. The molecule has 1 aromatic heterocycles. The first kappa shape index (κ1) is 10.6. The maximum Gasteiger partial charge on any atom is 0.201 e. The summed E-state index contributed by atoms with van der Waals surface area (Å²) in [6.45, 7) is 5.74. The Labute approximate surface area is 100 Å². The zero-order valence-corrected chi connectivity index (χ0v) is 10.2. The summed E-state index contributed by atoms with van der Waals surface area (Å²) in [5.41, 5.74) is 9.27. The van der Waals surface area contributed by atoms with Crippen molar-refractivity contribution in [2.45, 2.75) is 25.8 Å². The molecule has 90 valence electrons. The highest BCUT2D eigenvalue weighted by Crippen LogP contribution is 2.33. The molecule has 2 aromatic rings. The van der Waals surface area contributed by atoms with E-state index < -0.39 is 0 Å². The van der Waals surface area contributed by atoms with E-state index in [1.54, 1.807) is 0 Å². The molecular weight excluding hydrogens is 214 g/mol. The monoisotopic (exact) mass is 231 g/mol. The Morgan fingerprint density at radius 3 is 3.00 bits per heavy atom. The molecule has 1 aromatic carbocycles. The molecule has 2 N–H and O–H groups in total. The number of benzene rings is 1. The third-order valence-electron chi connectivity index (χ3n) is 3.57. The molecule has 0 aliphatic carbocycles. The van der Waals surface area contributed by atoms with Gasteiger partial charge in [-0.15, -0.1) is 0 Å². The normalized spacial score (nSPS) is 24.6. The number of anilines is 1. The maximum atomic E-state index is 6.06. The molecule has 0 bridgehead atoms. The summed E-state index contributed by atoms with van der Waals surface area (Å²) in [6, 6.07) is 6.26. The topological polar surface area (TPSA) is 53.1 Å². The van der Waals surface area contributed by atoms with Gasteiger partial charge in [0.25, 0.3) is 0 Å². The van der Waals surface area contributed by atoms with Gasteiger partial charge in [0.2, 0.25) is 5.95 Å². The van der Waals surface area contributed by atoms with Crippen molar-refractivity contribution in [2.75, 3.05) is 18.9 Å². The van der Waals surface area contributed by atoms with E-state index >= 15 is 0 Å². The van der Waals surface area contributed by atoms with Crippen LogP contribution in [-0.4, -0.2) is 22.8 Å². The first-order valence-corrected chi connectivity index (χ1v) is 5.93. The van der Waals surface area contributed by atoms with Crippen LogP contribution in [-0.2, 0) is 10.3 Å². The van der Waals surface area contributed by atoms with E-state index in [2.05, 4.69) is 41.6 Å². The Kier molecular flexibility index (Phi) is 2.16. The number of imidazole rings is 1. The van der Waals surface area contributed by atoms with Crippen molar-refractivity contribution in [3.8, 4) is 0 Å². The number of nitrogen functional groups attached to an aromatic ring is 1. The van der Waals surface area contributed by atoms with Crippen molar-refractivity contribution in [3.63, 3.8) is 0 Å². The molecule has 1 saturated heterocycles. The number of aromatic nitrogens is 2.